The Labute approximate surface area is 195 Å². The summed E-state index contributed by atoms with van der Waals surface area (Å²) in [5, 5.41) is 30.6. The molecule has 0 radical (unpaired) electrons. The molecule has 178 valence electrons. The van der Waals surface area contributed by atoms with Crippen LogP contribution in [0.1, 0.15) is 47.3 Å². The van der Waals surface area contributed by atoms with Crippen LogP contribution in [0.2, 0.25) is 0 Å². The van der Waals surface area contributed by atoms with Gasteiger partial charge in [0, 0.05) is 25.0 Å². The molecule has 0 aliphatic heterocycles. The van der Waals surface area contributed by atoms with E-state index in [1.54, 1.807) is 25.4 Å². The number of Topliss-reactive ketones (excluding diaryl/α,β-unsaturated/α-hetero) is 1. The van der Waals surface area contributed by atoms with Crippen molar-refractivity contribution >= 4 is 5.78 Å². The van der Waals surface area contributed by atoms with E-state index in [0.717, 1.165) is 17.7 Å². The molecule has 2 aromatic heterocycles. The zero-order valence-corrected chi connectivity index (χ0v) is 18.5. The van der Waals surface area contributed by atoms with Crippen molar-refractivity contribution in [2.24, 2.45) is 5.92 Å². The molecule has 1 aliphatic rings. The van der Waals surface area contributed by atoms with Crippen molar-refractivity contribution in [3.8, 4) is 11.4 Å². The normalized spacial score (nSPS) is 24.7. The third kappa shape index (κ3) is 4.46. The van der Waals surface area contributed by atoms with Crippen molar-refractivity contribution < 1.29 is 28.9 Å². The SMILES string of the molecule is C[C@H]1C[C@@H](c2ccncc2CC(=O)c2ccnc(-c3c(F)cccc3F)n2)C[C@@H](O)[C@@]1(O)CO. The van der Waals surface area contributed by atoms with Crippen LogP contribution in [0.25, 0.3) is 11.4 Å². The maximum atomic E-state index is 14.2. The minimum Gasteiger partial charge on any atom is -0.393 e. The first-order chi connectivity index (χ1) is 16.2. The fraction of sp³-hybridized carbons (Fsp3) is 0.360. The number of carbonyl (C=O) groups excluding carboxylic acids is 1. The van der Waals surface area contributed by atoms with Crippen molar-refractivity contribution in [2.45, 2.75) is 43.8 Å². The first-order valence-electron chi connectivity index (χ1n) is 11.0. The van der Waals surface area contributed by atoms with Crippen LogP contribution in [0, 0.1) is 17.6 Å². The molecule has 3 aromatic rings. The standard InChI is InChI=1S/C25H25F2N3O4/c1-14-9-15(11-22(33)25(14,34)13-31)17-5-7-28-12-16(17)10-21(32)20-6-8-29-24(30-20)23-18(26)3-2-4-19(23)27/h2-8,12,14-15,22,31,33-34H,9-11,13H2,1H3/t14-,15+,22+,25+/m0/s1. The van der Waals surface area contributed by atoms with Crippen LogP contribution in [0.15, 0.2) is 48.9 Å². The van der Waals surface area contributed by atoms with Crippen molar-refractivity contribution in [1.82, 2.24) is 15.0 Å². The molecule has 0 saturated heterocycles. The molecule has 7 nitrogen and oxygen atoms in total. The Morgan fingerprint density at radius 3 is 2.56 bits per heavy atom. The van der Waals surface area contributed by atoms with Crippen LogP contribution in [0.5, 0.6) is 0 Å². The topological polar surface area (TPSA) is 116 Å². The number of hydrogen-bond acceptors (Lipinski definition) is 7. The molecule has 34 heavy (non-hydrogen) atoms. The number of carbonyl (C=O) groups is 1. The van der Waals surface area contributed by atoms with Gasteiger partial charge in [-0.3, -0.25) is 9.78 Å². The number of aromatic nitrogens is 3. The molecule has 1 aliphatic carbocycles. The molecule has 1 aromatic carbocycles. The lowest BCUT2D eigenvalue weighted by Crippen LogP contribution is -2.54. The first kappa shape index (κ1) is 24.0. The van der Waals surface area contributed by atoms with E-state index in [9.17, 15) is 28.9 Å². The minimum absolute atomic E-state index is 0.00848. The Hall–Kier alpha value is -3.14. The number of benzene rings is 1. The minimum atomic E-state index is -1.57. The maximum Gasteiger partial charge on any atom is 0.185 e. The molecule has 4 rings (SSSR count). The van der Waals surface area contributed by atoms with Gasteiger partial charge in [-0.05, 0) is 60.1 Å². The van der Waals surface area contributed by atoms with Gasteiger partial charge >= 0.3 is 0 Å². The number of nitrogens with zero attached hydrogens (tertiary/aromatic N) is 3. The number of rotatable bonds is 6. The van der Waals surface area contributed by atoms with E-state index in [4.69, 9.17) is 0 Å². The Bertz CT molecular complexity index is 1170. The predicted molar refractivity (Wildman–Crippen MR) is 119 cm³/mol. The summed E-state index contributed by atoms with van der Waals surface area (Å²) in [4.78, 5) is 25.2. The van der Waals surface area contributed by atoms with Crippen LogP contribution in [-0.4, -0.2) is 54.4 Å². The van der Waals surface area contributed by atoms with Crippen molar-refractivity contribution in [3.05, 3.63) is 77.4 Å². The molecular weight excluding hydrogens is 444 g/mol. The Morgan fingerprint density at radius 2 is 1.88 bits per heavy atom. The molecule has 0 bridgehead atoms. The van der Waals surface area contributed by atoms with Gasteiger partial charge in [0.05, 0.1) is 18.3 Å². The molecular formula is C25H25F2N3O4. The van der Waals surface area contributed by atoms with Gasteiger partial charge in [0.1, 0.15) is 22.9 Å². The van der Waals surface area contributed by atoms with E-state index in [2.05, 4.69) is 15.0 Å². The van der Waals surface area contributed by atoms with Crippen molar-refractivity contribution in [2.75, 3.05) is 6.61 Å². The van der Waals surface area contributed by atoms with E-state index >= 15 is 0 Å². The Morgan fingerprint density at radius 1 is 1.15 bits per heavy atom. The van der Waals surface area contributed by atoms with Crippen LogP contribution in [-0.2, 0) is 6.42 Å². The predicted octanol–water partition coefficient (Wildman–Crippen LogP) is 2.84. The molecule has 2 heterocycles. The van der Waals surface area contributed by atoms with Gasteiger partial charge < -0.3 is 15.3 Å². The molecule has 3 N–H and O–H groups in total. The smallest absolute Gasteiger partial charge is 0.185 e. The molecule has 1 fully saturated rings. The number of hydrogen-bond donors (Lipinski definition) is 3. The van der Waals surface area contributed by atoms with Gasteiger partial charge in [0.2, 0.25) is 0 Å². The van der Waals surface area contributed by atoms with E-state index in [1.807, 2.05) is 0 Å². The van der Waals surface area contributed by atoms with E-state index in [0.29, 0.717) is 12.0 Å². The summed E-state index contributed by atoms with van der Waals surface area (Å²) in [6, 6.07) is 6.58. The highest BCUT2D eigenvalue weighted by Gasteiger charge is 2.46. The number of aliphatic hydroxyl groups is 3. The van der Waals surface area contributed by atoms with Crippen LogP contribution < -0.4 is 0 Å². The van der Waals surface area contributed by atoms with Crippen LogP contribution in [0.3, 0.4) is 0 Å². The number of halogens is 2. The summed E-state index contributed by atoms with van der Waals surface area (Å²) in [5.41, 5.74) is -0.527. The highest BCUT2D eigenvalue weighted by Crippen LogP contribution is 2.42. The summed E-state index contributed by atoms with van der Waals surface area (Å²) in [7, 11) is 0. The zero-order valence-electron chi connectivity index (χ0n) is 18.5. The summed E-state index contributed by atoms with van der Waals surface area (Å²) in [6.45, 7) is 1.23. The highest BCUT2D eigenvalue weighted by molar-refractivity contribution is 5.96. The lowest BCUT2D eigenvalue weighted by molar-refractivity contribution is -0.159. The highest BCUT2D eigenvalue weighted by atomic mass is 19.1. The number of pyridine rings is 1. The molecule has 1 saturated carbocycles. The van der Waals surface area contributed by atoms with E-state index < -0.39 is 35.5 Å². The second kappa shape index (κ2) is 9.61. The van der Waals surface area contributed by atoms with E-state index in [-0.39, 0.29) is 42.0 Å². The van der Waals surface area contributed by atoms with Crippen LogP contribution >= 0.6 is 0 Å². The van der Waals surface area contributed by atoms with Gasteiger partial charge in [-0.25, -0.2) is 18.7 Å². The Kier molecular flexibility index (Phi) is 6.79. The largest absolute Gasteiger partial charge is 0.393 e. The lowest BCUT2D eigenvalue weighted by Gasteiger charge is -2.44. The third-order valence-corrected chi connectivity index (χ3v) is 6.69. The molecule has 9 heteroatoms. The summed E-state index contributed by atoms with van der Waals surface area (Å²) >= 11 is 0. The average Bonchev–Trinajstić information content (AvgIpc) is 2.82. The Balaban J connectivity index is 1.59. The second-order valence-electron chi connectivity index (χ2n) is 8.77. The monoisotopic (exact) mass is 469 g/mol. The van der Waals surface area contributed by atoms with Gasteiger partial charge in [-0.15, -0.1) is 0 Å². The third-order valence-electron chi connectivity index (χ3n) is 6.69. The van der Waals surface area contributed by atoms with Gasteiger partial charge in [-0.1, -0.05) is 13.0 Å². The first-order valence-corrected chi connectivity index (χ1v) is 11.0. The van der Waals surface area contributed by atoms with E-state index in [1.165, 1.54) is 18.3 Å². The average molecular weight is 469 g/mol. The maximum absolute atomic E-state index is 14.2. The molecule has 0 spiro atoms. The molecule has 0 unspecified atom stereocenters. The fourth-order valence-electron chi connectivity index (χ4n) is 4.64. The van der Waals surface area contributed by atoms with Gasteiger partial charge in [0.15, 0.2) is 11.6 Å². The van der Waals surface area contributed by atoms with Crippen molar-refractivity contribution in [1.29, 1.82) is 0 Å². The lowest BCUT2D eigenvalue weighted by atomic mass is 9.68. The molecule has 0 amide bonds. The number of aliphatic hydroxyl groups excluding tert-OH is 2. The zero-order chi connectivity index (χ0) is 24.5. The summed E-state index contributed by atoms with van der Waals surface area (Å²) in [6.07, 6.45) is 3.97. The summed E-state index contributed by atoms with van der Waals surface area (Å²) < 4.78 is 28.3. The quantitative estimate of drug-likeness (QED) is 0.476. The fourth-order valence-corrected chi connectivity index (χ4v) is 4.64. The number of ketones is 1. The summed E-state index contributed by atoms with van der Waals surface area (Å²) in [5.74, 6) is -2.79. The van der Waals surface area contributed by atoms with Crippen molar-refractivity contribution in [3.63, 3.8) is 0 Å². The van der Waals surface area contributed by atoms with Gasteiger partial charge in [0.25, 0.3) is 0 Å². The molecule has 4 atom stereocenters. The van der Waals surface area contributed by atoms with Crippen LogP contribution in [0.4, 0.5) is 8.78 Å². The van der Waals surface area contributed by atoms with Gasteiger partial charge in [-0.2, -0.15) is 0 Å². The second-order valence-corrected chi connectivity index (χ2v) is 8.77.